The fourth-order valence-electron chi connectivity index (χ4n) is 3.49. The van der Waals surface area contributed by atoms with E-state index in [4.69, 9.17) is 9.57 Å². The molecule has 0 fully saturated rings. The number of nitrogens with zero attached hydrogens (tertiary/aromatic N) is 7. The van der Waals surface area contributed by atoms with Crippen molar-refractivity contribution in [3.63, 3.8) is 0 Å². The lowest BCUT2D eigenvalue weighted by atomic mass is 10.1. The van der Waals surface area contributed by atoms with E-state index in [9.17, 15) is 4.79 Å². The summed E-state index contributed by atoms with van der Waals surface area (Å²) in [7, 11) is 6.33. The lowest BCUT2D eigenvalue weighted by Gasteiger charge is -2.16. The molecular formula is C24H26N10O3. The number of benzene rings is 1. The van der Waals surface area contributed by atoms with Gasteiger partial charge in [0.25, 0.3) is 5.91 Å². The molecule has 1 amide bonds. The van der Waals surface area contributed by atoms with E-state index in [1.807, 2.05) is 30.3 Å². The van der Waals surface area contributed by atoms with Gasteiger partial charge in [0.15, 0.2) is 23.1 Å². The smallest absolute Gasteiger partial charge is 0.273 e. The number of rotatable bonds is 9. The number of carbonyl (C=O) groups is 1. The Balaban J connectivity index is 1.70. The highest BCUT2D eigenvalue weighted by molar-refractivity contribution is 5.99. The molecule has 0 bridgehead atoms. The Morgan fingerprint density at radius 1 is 1.03 bits per heavy atom. The number of carbonyl (C=O) groups excluding carboxylic acids is 1. The van der Waals surface area contributed by atoms with Crippen LogP contribution in [0.25, 0.3) is 11.4 Å². The van der Waals surface area contributed by atoms with Crippen LogP contribution in [0.15, 0.2) is 53.9 Å². The first-order valence-electron chi connectivity index (χ1n) is 11.2. The summed E-state index contributed by atoms with van der Waals surface area (Å²) in [5, 5.41) is 25.5. The van der Waals surface area contributed by atoms with E-state index in [0.717, 1.165) is 0 Å². The van der Waals surface area contributed by atoms with Gasteiger partial charge in [-0.25, -0.2) is 9.97 Å². The number of hydrogen-bond acceptors (Lipinski definition) is 11. The summed E-state index contributed by atoms with van der Waals surface area (Å²) in [4.78, 5) is 26.2. The molecule has 0 atom stereocenters. The van der Waals surface area contributed by atoms with Crippen molar-refractivity contribution in [2.45, 2.75) is 6.92 Å². The fraction of sp³-hybridized carbons (Fsp3) is 0.208. The molecule has 4 aromatic rings. The van der Waals surface area contributed by atoms with E-state index in [2.05, 4.69) is 46.4 Å². The van der Waals surface area contributed by atoms with Gasteiger partial charge in [-0.2, -0.15) is 5.10 Å². The maximum Gasteiger partial charge on any atom is 0.273 e. The maximum atomic E-state index is 12.6. The molecule has 190 valence electrons. The van der Waals surface area contributed by atoms with Crippen LogP contribution >= 0.6 is 0 Å². The SMILES string of the molecule is CNC(=O)c1nnc(Nc2cccc(C(C)=NOC)n2)cc1Nc1cccc(-c2ncn(C)n2)c1OC. The van der Waals surface area contributed by atoms with Gasteiger partial charge in [-0.1, -0.05) is 17.3 Å². The van der Waals surface area contributed by atoms with E-state index in [-0.39, 0.29) is 5.69 Å². The third kappa shape index (κ3) is 5.61. The second-order valence-corrected chi connectivity index (χ2v) is 7.72. The van der Waals surface area contributed by atoms with E-state index < -0.39 is 5.91 Å². The number of amides is 1. The van der Waals surface area contributed by atoms with Gasteiger partial charge in [-0.15, -0.1) is 10.2 Å². The second-order valence-electron chi connectivity index (χ2n) is 7.72. The van der Waals surface area contributed by atoms with Crippen molar-refractivity contribution >= 4 is 34.6 Å². The van der Waals surface area contributed by atoms with Crippen LogP contribution < -0.4 is 20.7 Å². The number of aromatic nitrogens is 6. The van der Waals surface area contributed by atoms with Crippen LogP contribution in [-0.4, -0.2) is 62.8 Å². The molecule has 0 aliphatic rings. The zero-order chi connectivity index (χ0) is 26.4. The van der Waals surface area contributed by atoms with Gasteiger partial charge in [-0.05, 0) is 31.2 Å². The number of aryl methyl sites for hydroxylation is 1. The predicted octanol–water partition coefficient (Wildman–Crippen LogP) is 2.89. The van der Waals surface area contributed by atoms with Gasteiger partial charge in [0, 0.05) is 20.2 Å². The van der Waals surface area contributed by atoms with Crippen molar-refractivity contribution < 1.29 is 14.4 Å². The minimum atomic E-state index is -0.408. The van der Waals surface area contributed by atoms with Gasteiger partial charge in [0.05, 0.1) is 29.7 Å². The predicted molar refractivity (Wildman–Crippen MR) is 138 cm³/mol. The summed E-state index contributed by atoms with van der Waals surface area (Å²) in [6.07, 6.45) is 1.61. The standard InChI is InChI=1S/C24H26N10O3/c1-14(33-37-5)16-9-7-11-19(28-16)29-20-12-18(21(31-30-20)24(35)25-2)27-17-10-6-8-15(22(17)36-4)23-26-13-34(3)32-23/h6-13H,1-5H3,(H,25,35)(H2,27,28,29,30). The quantitative estimate of drug-likeness (QED) is 0.230. The molecule has 3 heterocycles. The monoisotopic (exact) mass is 502 g/mol. The number of methoxy groups -OCH3 is 1. The van der Waals surface area contributed by atoms with Crippen LogP contribution in [0, 0.1) is 0 Å². The van der Waals surface area contributed by atoms with Gasteiger partial charge in [-0.3, -0.25) is 9.48 Å². The second kappa shape index (κ2) is 11.1. The number of para-hydroxylation sites is 1. The molecule has 0 aliphatic carbocycles. The Morgan fingerprint density at radius 3 is 2.54 bits per heavy atom. The molecule has 0 spiro atoms. The highest BCUT2D eigenvalue weighted by Gasteiger charge is 2.19. The fourth-order valence-corrected chi connectivity index (χ4v) is 3.49. The van der Waals surface area contributed by atoms with Gasteiger partial charge < -0.3 is 25.5 Å². The molecule has 4 rings (SSSR count). The van der Waals surface area contributed by atoms with E-state index in [1.54, 1.807) is 44.2 Å². The summed E-state index contributed by atoms with van der Waals surface area (Å²) < 4.78 is 7.29. The molecular weight excluding hydrogens is 476 g/mol. The first-order valence-corrected chi connectivity index (χ1v) is 11.2. The number of nitrogens with one attached hydrogen (secondary N) is 3. The molecule has 13 nitrogen and oxygen atoms in total. The van der Waals surface area contributed by atoms with Crippen LogP contribution in [0.3, 0.4) is 0 Å². The average Bonchev–Trinajstić information content (AvgIpc) is 3.34. The van der Waals surface area contributed by atoms with E-state index in [1.165, 1.54) is 14.2 Å². The minimum absolute atomic E-state index is 0.0984. The number of oxime groups is 1. The molecule has 3 aromatic heterocycles. The normalized spacial score (nSPS) is 11.1. The van der Waals surface area contributed by atoms with Gasteiger partial charge >= 0.3 is 0 Å². The van der Waals surface area contributed by atoms with Crippen molar-refractivity contribution in [2.24, 2.45) is 12.2 Å². The molecule has 37 heavy (non-hydrogen) atoms. The Labute approximate surface area is 212 Å². The Morgan fingerprint density at radius 2 is 1.84 bits per heavy atom. The largest absolute Gasteiger partial charge is 0.494 e. The Kier molecular flexibility index (Phi) is 7.52. The van der Waals surface area contributed by atoms with Crippen LogP contribution in [0.4, 0.5) is 23.0 Å². The lowest BCUT2D eigenvalue weighted by molar-refractivity contribution is 0.0958. The first-order chi connectivity index (χ1) is 17.9. The zero-order valence-corrected chi connectivity index (χ0v) is 21.0. The third-order valence-electron chi connectivity index (χ3n) is 5.17. The summed E-state index contributed by atoms with van der Waals surface area (Å²) in [5.74, 6) is 1.47. The minimum Gasteiger partial charge on any atom is -0.494 e. The van der Waals surface area contributed by atoms with Crippen LogP contribution in [0.5, 0.6) is 5.75 Å². The lowest BCUT2D eigenvalue weighted by Crippen LogP contribution is -2.21. The molecule has 13 heteroatoms. The summed E-state index contributed by atoms with van der Waals surface area (Å²) in [6.45, 7) is 1.79. The molecule has 0 saturated carbocycles. The zero-order valence-electron chi connectivity index (χ0n) is 21.0. The first kappa shape index (κ1) is 25.0. The van der Waals surface area contributed by atoms with Crippen molar-refractivity contribution in [1.82, 2.24) is 35.3 Å². The molecule has 3 N–H and O–H groups in total. The summed E-state index contributed by atoms with van der Waals surface area (Å²) >= 11 is 0. The highest BCUT2D eigenvalue weighted by Crippen LogP contribution is 2.37. The Hall–Kier alpha value is -5.07. The van der Waals surface area contributed by atoms with Crippen LogP contribution in [0.1, 0.15) is 23.1 Å². The van der Waals surface area contributed by atoms with Crippen molar-refractivity contribution in [3.8, 4) is 17.1 Å². The Bertz CT molecular complexity index is 1450. The van der Waals surface area contributed by atoms with Crippen LogP contribution in [0.2, 0.25) is 0 Å². The molecule has 0 aliphatic heterocycles. The summed E-state index contributed by atoms with van der Waals surface area (Å²) in [6, 6.07) is 12.6. The molecule has 0 radical (unpaired) electrons. The number of ether oxygens (including phenoxy) is 1. The van der Waals surface area contributed by atoms with Crippen molar-refractivity contribution in [3.05, 3.63) is 60.2 Å². The number of hydrogen-bond donors (Lipinski definition) is 3. The van der Waals surface area contributed by atoms with E-state index >= 15 is 0 Å². The topological polar surface area (TPSA) is 153 Å². The van der Waals surface area contributed by atoms with Crippen LogP contribution in [-0.2, 0) is 11.9 Å². The van der Waals surface area contributed by atoms with Crippen molar-refractivity contribution in [1.29, 1.82) is 0 Å². The molecule has 0 unspecified atom stereocenters. The summed E-state index contributed by atoms with van der Waals surface area (Å²) in [5.41, 5.74) is 3.01. The average molecular weight is 503 g/mol. The van der Waals surface area contributed by atoms with E-state index in [0.29, 0.717) is 51.6 Å². The maximum absolute atomic E-state index is 12.6. The number of pyridine rings is 1. The van der Waals surface area contributed by atoms with Gasteiger partial charge in [0.2, 0.25) is 0 Å². The van der Waals surface area contributed by atoms with Gasteiger partial charge in [0.1, 0.15) is 25.0 Å². The third-order valence-corrected chi connectivity index (χ3v) is 5.17. The molecule has 0 saturated heterocycles. The number of anilines is 4. The highest BCUT2D eigenvalue weighted by atomic mass is 16.6. The van der Waals surface area contributed by atoms with Crippen molar-refractivity contribution in [2.75, 3.05) is 31.9 Å². The molecule has 1 aromatic carbocycles.